The number of aromatic nitrogens is 6. The number of nitrogens with one attached hydrogen (secondary N) is 2. The van der Waals surface area contributed by atoms with Gasteiger partial charge >= 0.3 is 0 Å². The van der Waals surface area contributed by atoms with Gasteiger partial charge in [-0.25, -0.2) is 33.1 Å². The summed E-state index contributed by atoms with van der Waals surface area (Å²) in [5, 5.41) is 2.45. The van der Waals surface area contributed by atoms with Crippen LogP contribution in [0.15, 0.2) is 47.8 Å². The average molecular weight is 486 g/mol. The molecule has 0 amide bonds. The second-order valence-electron chi connectivity index (χ2n) is 7.39. The maximum absolute atomic E-state index is 14.8. The molecule has 5 aromatic rings. The van der Waals surface area contributed by atoms with Gasteiger partial charge in [0.25, 0.3) is 5.56 Å². The van der Waals surface area contributed by atoms with Gasteiger partial charge in [-0.15, -0.1) is 0 Å². The molecule has 12 heteroatoms. The van der Waals surface area contributed by atoms with E-state index < -0.39 is 34.1 Å². The molecule has 3 aromatic heterocycles. The molecule has 0 radical (unpaired) electrons. The smallest absolute Gasteiger partial charge is 0.267 e. The standard InChI is InChI=1S/C22H15ClF3N7O/c1-2-13(31-20-18-19(28-8-27-18)29-9-30-20)21-32-14-6-5-12(26)17(23)16(14)22(34)33(21)15-7-10(24)3-4-11(15)25/h3-9,13H,2H2,1H3,(H2,27,28,29,30,31). The van der Waals surface area contributed by atoms with E-state index in [1.807, 2.05) is 0 Å². The number of hydrogen-bond donors (Lipinski definition) is 2. The number of halogens is 4. The molecule has 8 nitrogen and oxygen atoms in total. The van der Waals surface area contributed by atoms with E-state index in [0.29, 0.717) is 23.4 Å². The Morgan fingerprint density at radius 1 is 1.12 bits per heavy atom. The Kier molecular flexibility index (Phi) is 5.40. The molecular formula is C22H15ClF3N7O. The first-order chi connectivity index (χ1) is 16.4. The van der Waals surface area contributed by atoms with Gasteiger partial charge in [-0.05, 0) is 30.7 Å². The highest BCUT2D eigenvalue weighted by Gasteiger charge is 2.25. The van der Waals surface area contributed by atoms with E-state index in [2.05, 4.69) is 30.2 Å². The van der Waals surface area contributed by atoms with Crippen LogP contribution in [0, 0.1) is 17.5 Å². The van der Waals surface area contributed by atoms with Gasteiger partial charge in [0.15, 0.2) is 11.5 Å². The summed E-state index contributed by atoms with van der Waals surface area (Å²) in [7, 11) is 0. The number of rotatable bonds is 5. The third kappa shape index (κ3) is 3.54. The largest absolute Gasteiger partial charge is 0.358 e. The summed E-state index contributed by atoms with van der Waals surface area (Å²) < 4.78 is 44.0. The molecule has 0 saturated carbocycles. The monoisotopic (exact) mass is 485 g/mol. The van der Waals surface area contributed by atoms with Gasteiger partial charge in [0.2, 0.25) is 0 Å². The second kappa shape index (κ2) is 8.41. The normalized spacial score (nSPS) is 12.4. The van der Waals surface area contributed by atoms with Crippen molar-refractivity contribution in [2.45, 2.75) is 19.4 Å². The SMILES string of the molecule is CCC(Nc1ncnc2[nH]cnc12)c1nc2ccc(F)c(Cl)c2c(=O)n1-c1cc(F)ccc1F. The molecule has 0 fully saturated rings. The second-order valence-corrected chi connectivity index (χ2v) is 7.77. The van der Waals surface area contributed by atoms with E-state index in [9.17, 15) is 18.0 Å². The van der Waals surface area contributed by atoms with Crippen molar-refractivity contribution >= 4 is 39.5 Å². The van der Waals surface area contributed by atoms with Crippen LogP contribution in [-0.4, -0.2) is 29.5 Å². The predicted molar refractivity (Wildman–Crippen MR) is 121 cm³/mol. The number of H-pyrrole nitrogens is 1. The number of aromatic amines is 1. The Hall–Kier alpha value is -3.99. The lowest BCUT2D eigenvalue weighted by atomic mass is 10.1. The quantitative estimate of drug-likeness (QED) is 0.374. The van der Waals surface area contributed by atoms with Crippen LogP contribution in [0.2, 0.25) is 5.02 Å². The van der Waals surface area contributed by atoms with Gasteiger partial charge in [0.1, 0.15) is 35.1 Å². The Morgan fingerprint density at radius 3 is 2.71 bits per heavy atom. The molecule has 3 heterocycles. The molecule has 172 valence electrons. The lowest BCUT2D eigenvalue weighted by molar-refractivity contribution is 0.579. The zero-order valence-electron chi connectivity index (χ0n) is 17.5. The van der Waals surface area contributed by atoms with Crippen molar-refractivity contribution in [2.24, 2.45) is 0 Å². The van der Waals surface area contributed by atoms with Crippen molar-refractivity contribution in [2.75, 3.05) is 5.32 Å². The van der Waals surface area contributed by atoms with E-state index in [4.69, 9.17) is 11.6 Å². The van der Waals surface area contributed by atoms with Crippen molar-refractivity contribution in [3.05, 3.63) is 81.6 Å². The molecule has 34 heavy (non-hydrogen) atoms. The van der Waals surface area contributed by atoms with Gasteiger partial charge in [-0.3, -0.25) is 9.36 Å². The van der Waals surface area contributed by atoms with Crippen molar-refractivity contribution in [3.8, 4) is 5.69 Å². The van der Waals surface area contributed by atoms with Gasteiger partial charge in [-0.1, -0.05) is 18.5 Å². The highest BCUT2D eigenvalue weighted by Crippen LogP contribution is 2.29. The van der Waals surface area contributed by atoms with Crippen molar-refractivity contribution < 1.29 is 13.2 Å². The maximum Gasteiger partial charge on any atom is 0.267 e. The Balaban J connectivity index is 1.79. The Labute approximate surface area is 194 Å². The zero-order valence-corrected chi connectivity index (χ0v) is 18.2. The fourth-order valence-corrected chi connectivity index (χ4v) is 3.98. The molecule has 0 spiro atoms. The number of hydrogen-bond acceptors (Lipinski definition) is 6. The summed E-state index contributed by atoms with van der Waals surface area (Å²) in [4.78, 5) is 33.4. The van der Waals surface area contributed by atoms with Crippen LogP contribution >= 0.6 is 11.6 Å². The van der Waals surface area contributed by atoms with Crippen molar-refractivity contribution in [1.29, 1.82) is 0 Å². The summed E-state index contributed by atoms with van der Waals surface area (Å²) in [5.41, 5.74) is -0.205. The van der Waals surface area contributed by atoms with Crippen molar-refractivity contribution in [1.82, 2.24) is 29.5 Å². The predicted octanol–water partition coefficient (Wildman–Crippen LogP) is 4.69. The lowest BCUT2D eigenvalue weighted by Crippen LogP contribution is -2.29. The zero-order chi connectivity index (χ0) is 24.0. The van der Waals surface area contributed by atoms with Crippen LogP contribution < -0.4 is 10.9 Å². The fraction of sp³-hybridized carbons (Fsp3) is 0.136. The third-order valence-electron chi connectivity index (χ3n) is 5.35. The first kappa shape index (κ1) is 21.8. The van der Waals surface area contributed by atoms with Gasteiger partial charge in [0, 0.05) is 6.07 Å². The first-order valence-electron chi connectivity index (χ1n) is 10.2. The Morgan fingerprint density at radius 2 is 1.91 bits per heavy atom. The van der Waals surface area contributed by atoms with Crippen LogP contribution in [0.3, 0.4) is 0 Å². The first-order valence-corrected chi connectivity index (χ1v) is 10.5. The molecule has 0 aliphatic carbocycles. The van der Waals surface area contributed by atoms with Crippen LogP contribution in [-0.2, 0) is 0 Å². The maximum atomic E-state index is 14.8. The van der Waals surface area contributed by atoms with Crippen LogP contribution in [0.25, 0.3) is 27.8 Å². The molecule has 0 aliphatic heterocycles. The van der Waals surface area contributed by atoms with Gasteiger partial charge in [0.05, 0.1) is 34.0 Å². The summed E-state index contributed by atoms with van der Waals surface area (Å²) >= 11 is 6.07. The third-order valence-corrected chi connectivity index (χ3v) is 5.72. The lowest BCUT2D eigenvalue weighted by Gasteiger charge is -2.22. The summed E-state index contributed by atoms with van der Waals surface area (Å²) in [6, 6.07) is 4.36. The number of nitrogens with zero attached hydrogens (tertiary/aromatic N) is 5. The van der Waals surface area contributed by atoms with E-state index in [1.54, 1.807) is 6.92 Å². The van der Waals surface area contributed by atoms with E-state index in [1.165, 1.54) is 18.7 Å². The number of imidazole rings is 1. The average Bonchev–Trinajstić information content (AvgIpc) is 3.31. The molecule has 2 aromatic carbocycles. The fourth-order valence-electron chi connectivity index (χ4n) is 3.73. The minimum Gasteiger partial charge on any atom is -0.358 e. The summed E-state index contributed by atoms with van der Waals surface area (Å²) in [5.74, 6) is -2.08. The number of benzene rings is 2. The highest BCUT2D eigenvalue weighted by atomic mass is 35.5. The van der Waals surface area contributed by atoms with E-state index in [0.717, 1.165) is 28.8 Å². The van der Waals surface area contributed by atoms with Crippen molar-refractivity contribution in [3.63, 3.8) is 0 Å². The summed E-state index contributed by atoms with van der Waals surface area (Å²) in [6.07, 6.45) is 3.14. The summed E-state index contributed by atoms with van der Waals surface area (Å²) in [6.45, 7) is 1.81. The molecule has 2 N–H and O–H groups in total. The van der Waals surface area contributed by atoms with Crippen LogP contribution in [0.5, 0.6) is 0 Å². The molecular weight excluding hydrogens is 471 g/mol. The minimum atomic E-state index is -0.870. The Bertz CT molecular complexity index is 1620. The van der Waals surface area contributed by atoms with Gasteiger partial charge in [-0.2, -0.15) is 0 Å². The molecule has 0 bridgehead atoms. The highest BCUT2D eigenvalue weighted by molar-refractivity contribution is 6.35. The number of anilines is 1. The van der Waals surface area contributed by atoms with Gasteiger partial charge < -0.3 is 10.3 Å². The molecule has 1 unspecified atom stereocenters. The minimum absolute atomic E-state index is 0.0504. The molecule has 1 atom stereocenters. The molecule has 5 rings (SSSR count). The van der Waals surface area contributed by atoms with E-state index >= 15 is 0 Å². The molecule has 0 saturated heterocycles. The van der Waals surface area contributed by atoms with Crippen LogP contribution in [0.1, 0.15) is 25.2 Å². The molecule has 0 aliphatic rings. The van der Waals surface area contributed by atoms with Crippen LogP contribution in [0.4, 0.5) is 19.0 Å². The topological polar surface area (TPSA) is 101 Å². The number of fused-ring (bicyclic) bond motifs is 2. The van der Waals surface area contributed by atoms with E-state index in [-0.39, 0.29) is 22.4 Å².